The van der Waals surface area contributed by atoms with Gasteiger partial charge in [-0.25, -0.2) is 0 Å². The Labute approximate surface area is 152 Å². The SMILES string of the molecule is CCOCCOCCC(=O)[O-].COCCOCC[N+](C)(C)CCOC. The lowest BCUT2D eigenvalue weighted by Crippen LogP contribution is -2.44. The van der Waals surface area contributed by atoms with Crippen LogP contribution in [0.1, 0.15) is 13.3 Å². The van der Waals surface area contributed by atoms with Gasteiger partial charge in [-0.1, -0.05) is 0 Å². The second-order valence-corrected chi connectivity index (χ2v) is 5.91. The van der Waals surface area contributed by atoms with Gasteiger partial charge in [0.25, 0.3) is 0 Å². The van der Waals surface area contributed by atoms with Crippen LogP contribution in [0.5, 0.6) is 0 Å². The number of methoxy groups -OCH3 is 2. The maximum atomic E-state index is 9.87. The fourth-order valence-electron chi connectivity index (χ4n) is 1.53. The molecule has 0 aromatic heterocycles. The van der Waals surface area contributed by atoms with Crippen molar-refractivity contribution in [1.82, 2.24) is 0 Å². The number of aliphatic carboxylic acids is 1. The maximum absolute atomic E-state index is 9.87. The molecule has 152 valence electrons. The Kier molecular flexibility index (Phi) is 20.7. The monoisotopic (exact) mass is 367 g/mol. The number of hydrogen-bond acceptors (Lipinski definition) is 7. The van der Waals surface area contributed by atoms with Crippen molar-refractivity contribution in [2.75, 3.05) is 94.3 Å². The van der Waals surface area contributed by atoms with Gasteiger partial charge in [0.2, 0.25) is 0 Å². The minimum absolute atomic E-state index is 0.0495. The van der Waals surface area contributed by atoms with E-state index >= 15 is 0 Å². The molecule has 0 amide bonds. The summed E-state index contributed by atoms with van der Waals surface area (Å²) in [5.41, 5.74) is 0. The molecule has 25 heavy (non-hydrogen) atoms. The average Bonchev–Trinajstić information content (AvgIpc) is 2.56. The summed E-state index contributed by atoms with van der Waals surface area (Å²) in [6.07, 6.45) is -0.0495. The lowest BCUT2D eigenvalue weighted by atomic mass is 10.4. The van der Waals surface area contributed by atoms with Gasteiger partial charge in [-0.15, -0.1) is 0 Å². The molecule has 0 radical (unpaired) electrons. The van der Waals surface area contributed by atoms with Crippen molar-refractivity contribution < 1.29 is 38.1 Å². The van der Waals surface area contributed by atoms with E-state index in [1.54, 1.807) is 14.2 Å². The average molecular weight is 367 g/mol. The Morgan fingerprint density at radius 3 is 1.88 bits per heavy atom. The predicted octanol–water partition coefficient (Wildman–Crippen LogP) is -0.448. The lowest BCUT2D eigenvalue weighted by molar-refractivity contribution is -0.891. The van der Waals surface area contributed by atoms with Crippen molar-refractivity contribution in [3.63, 3.8) is 0 Å². The first-order chi connectivity index (χ1) is 11.9. The molecular weight excluding hydrogens is 330 g/mol. The zero-order valence-corrected chi connectivity index (χ0v) is 16.6. The van der Waals surface area contributed by atoms with Gasteiger partial charge in [0.1, 0.15) is 13.1 Å². The third-order valence-electron chi connectivity index (χ3n) is 3.20. The molecule has 0 spiro atoms. The summed E-state index contributed by atoms with van der Waals surface area (Å²) < 4.78 is 26.1. The summed E-state index contributed by atoms with van der Waals surface area (Å²) >= 11 is 0. The van der Waals surface area contributed by atoms with E-state index in [0.717, 1.165) is 30.8 Å². The molecule has 0 bridgehead atoms. The fourth-order valence-corrected chi connectivity index (χ4v) is 1.53. The van der Waals surface area contributed by atoms with Crippen LogP contribution in [0.15, 0.2) is 0 Å². The number of carboxylic acids is 1. The Morgan fingerprint density at radius 2 is 1.32 bits per heavy atom. The molecule has 0 aromatic rings. The number of carboxylic acid groups (broad SMARTS) is 1. The van der Waals surface area contributed by atoms with Gasteiger partial charge in [-0.05, 0) is 6.92 Å². The van der Waals surface area contributed by atoms with Crippen LogP contribution in [0.25, 0.3) is 0 Å². The topological polar surface area (TPSA) is 86.3 Å². The molecule has 0 aliphatic carbocycles. The van der Waals surface area contributed by atoms with E-state index in [2.05, 4.69) is 14.1 Å². The summed E-state index contributed by atoms with van der Waals surface area (Å²) in [6.45, 7) is 8.67. The molecule has 0 aromatic carbocycles. The van der Waals surface area contributed by atoms with E-state index < -0.39 is 5.97 Å². The number of carbonyl (C=O) groups excluding carboxylic acids is 1. The summed E-state index contributed by atoms with van der Waals surface area (Å²) in [4.78, 5) is 9.87. The molecule has 0 fully saturated rings. The van der Waals surface area contributed by atoms with E-state index in [1.807, 2.05) is 6.92 Å². The van der Waals surface area contributed by atoms with E-state index in [9.17, 15) is 9.90 Å². The molecule has 8 heteroatoms. The van der Waals surface area contributed by atoms with Crippen LogP contribution in [0.4, 0.5) is 0 Å². The Bertz CT molecular complexity index is 288. The van der Waals surface area contributed by atoms with Crippen molar-refractivity contribution in [3.8, 4) is 0 Å². The largest absolute Gasteiger partial charge is 0.550 e. The highest BCUT2D eigenvalue weighted by Crippen LogP contribution is 1.96. The number of quaternary nitrogens is 1. The first-order valence-corrected chi connectivity index (χ1v) is 8.62. The molecule has 0 saturated heterocycles. The summed E-state index contributed by atoms with van der Waals surface area (Å²) in [5.74, 6) is -1.08. The quantitative estimate of drug-likeness (QED) is 0.270. The first-order valence-electron chi connectivity index (χ1n) is 8.62. The van der Waals surface area contributed by atoms with Gasteiger partial charge < -0.3 is 38.1 Å². The standard InChI is InChI=1S/C10H24NO3.C7H14O4/c1-11(2,5-7-12-3)6-8-14-10-9-13-4;1-2-10-5-6-11-4-3-7(8)9/h5-10H2,1-4H3;2-6H2,1H3,(H,8,9)/q+1;/p-1. The Morgan fingerprint density at radius 1 is 0.800 bits per heavy atom. The number of likely N-dealkylation sites (N-methyl/N-ethyl adjacent to an activating group) is 1. The van der Waals surface area contributed by atoms with Gasteiger partial charge in [-0.3, -0.25) is 0 Å². The molecule has 0 heterocycles. The summed E-state index contributed by atoms with van der Waals surface area (Å²) in [5, 5.41) is 9.87. The number of nitrogens with zero attached hydrogens (tertiary/aromatic N) is 1. The second-order valence-electron chi connectivity index (χ2n) is 5.91. The van der Waals surface area contributed by atoms with Crippen molar-refractivity contribution >= 4 is 5.97 Å². The molecule has 0 N–H and O–H groups in total. The Balaban J connectivity index is 0. The molecule has 0 unspecified atom stereocenters. The predicted molar refractivity (Wildman–Crippen MR) is 93.3 cm³/mol. The van der Waals surface area contributed by atoms with Crippen LogP contribution in [0.2, 0.25) is 0 Å². The van der Waals surface area contributed by atoms with Crippen molar-refractivity contribution in [2.24, 2.45) is 0 Å². The normalized spacial score (nSPS) is 11.1. The van der Waals surface area contributed by atoms with Crippen LogP contribution < -0.4 is 5.11 Å². The third kappa shape index (κ3) is 25.6. The van der Waals surface area contributed by atoms with Crippen LogP contribution in [0.3, 0.4) is 0 Å². The van der Waals surface area contributed by atoms with E-state index in [-0.39, 0.29) is 13.0 Å². The van der Waals surface area contributed by atoms with Crippen LogP contribution in [0, 0.1) is 0 Å². The molecule has 0 aliphatic rings. The van der Waals surface area contributed by atoms with Gasteiger partial charge in [0.15, 0.2) is 0 Å². The molecular formula is C17H37NO7. The third-order valence-corrected chi connectivity index (χ3v) is 3.20. The number of hydrogen-bond donors (Lipinski definition) is 0. The Hall–Kier alpha value is -0.770. The van der Waals surface area contributed by atoms with Crippen LogP contribution in [-0.4, -0.2) is 105 Å². The molecule has 0 aliphatic heterocycles. The minimum atomic E-state index is -1.08. The van der Waals surface area contributed by atoms with Gasteiger partial charge in [-0.2, -0.15) is 0 Å². The second kappa shape index (κ2) is 19.6. The smallest absolute Gasteiger partial charge is 0.102 e. The highest BCUT2D eigenvalue weighted by Gasteiger charge is 2.13. The van der Waals surface area contributed by atoms with Crippen molar-refractivity contribution in [2.45, 2.75) is 13.3 Å². The highest BCUT2D eigenvalue weighted by molar-refractivity contribution is 5.64. The number of rotatable bonds is 16. The van der Waals surface area contributed by atoms with E-state index in [0.29, 0.717) is 33.0 Å². The van der Waals surface area contributed by atoms with E-state index in [4.69, 9.17) is 23.7 Å². The van der Waals surface area contributed by atoms with Gasteiger partial charge >= 0.3 is 0 Å². The fraction of sp³-hybridized carbons (Fsp3) is 0.941. The number of carbonyl (C=O) groups is 1. The molecule has 0 atom stereocenters. The molecule has 8 nitrogen and oxygen atoms in total. The summed E-state index contributed by atoms with van der Waals surface area (Å²) in [7, 11) is 7.77. The van der Waals surface area contributed by atoms with Gasteiger partial charge in [0.05, 0.1) is 60.3 Å². The van der Waals surface area contributed by atoms with Crippen molar-refractivity contribution in [1.29, 1.82) is 0 Å². The first kappa shape index (κ1) is 26.5. The zero-order chi connectivity index (χ0) is 19.4. The van der Waals surface area contributed by atoms with Crippen LogP contribution in [-0.2, 0) is 28.5 Å². The highest BCUT2D eigenvalue weighted by atomic mass is 16.5. The zero-order valence-electron chi connectivity index (χ0n) is 16.6. The van der Waals surface area contributed by atoms with E-state index in [1.165, 1.54) is 0 Å². The molecule has 0 rings (SSSR count). The summed E-state index contributed by atoms with van der Waals surface area (Å²) in [6, 6.07) is 0. The maximum Gasteiger partial charge on any atom is 0.102 e. The minimum Gasteiger partial charge on any atom is -0.550 e. The lowest BCUT2D eigenvalue weighted by Gasteiger charge is -2.29. The van der Waals surface area contributed by atoms with Crippen molar-refractivity contribution in [3.05, 3.63) is 0 Å². The molecule has 0 saturated carbocycles. The number of ether oxygens (including phenoxy) is 5. The van der Waals surface area contributed by atoms with Gasteiger partial charge in [0, 0.05) is 33.2 Å². The van der Waals surface area contributed by atoms with Crippen LogP contribution >= 0.6 is 0 Å².